The first-order valence-corrected chi connectivity index (χ1v) is 9.83. The molecule has 0 unspecified atom stereocenters. The van der Waals surface area contributed by atoms with E-state index in [2.05, 4.69) is 10.4 Å². The molecule has 3 aromatic rings. The minimum atomic E-state index is -4.49. The Morgan fingerprint density at radius 3 is 2.48 bits per heavy atom. The van der Waals surface area contributed by atoms with Gasteiger partial charge >= 0.3 is 6.18 Å². The summed E-state index contributed by atoms with van der Waals surface area (Å²) < 4.78 is 46.7. The highest BCUT2D eigenvalue weighted by molar-refractivity contribution is 5.95. The number of halogens is 3. The Hall–Kier alpha value is -3.33. The van der Waals surface area contributed by atoms with E-state index in [1.807, 2.05) is 29.3 Å². The SMILES string of the molecule is O=C(Cc1ccc(-n2cccn2)cc1)Nc1cc(C(F)(F)F)ccc1N1CCOCC1. The van der Waals surface area contributed by atoms with Crippen molar-refractivity contribution in [3.63, 3.8) is 0 Å². The predicted molar refractivity (Wildman–Crippen MR) is 110 cm³/mol. The van der Waals surface area contributed by atoms with Gasteiger partial charge in [0.25, 0.3) is 0 Å². The molecule has 0 saturated carbocycles. The van der Waals surface area contributed by atoms with Crippen LogP contribution in [-0.2, 0) is 22.1 Å². The molecular weight excluding hydrogens is 409 g/mol. The number of carbonyl (C=O) groups is 1. The number of nitrogens with zero attached hydrogens (tertiary/aromatic N) is 3. The van der Waals surface area contributed by atoms with Gasteiger partial charge in [-0.25, -0.2) is 4.68 Å². The number of aromatic nitrogens is 2. The number of anilines is 2. The van der Waals surface area contributed by atoms with Gasteiger partial charge < -0.3 is 15.0 Å². The molecule has 31 heavy (non-hydrogen) atoms. The van der Waals surface area contributed by atoms with Crippen molar-refractivity contribution in [2.45, 2.75) is 12.6 Å². The van der Waals surface area contributed by atoms with E-state index in [9.17, 15) is 18.0 Å². The van der Waals surface area contributed by atoms with Crippen LogP contribution in [0.15, 0.2) is 60.9 Å². The summed E-state index contributed by atoms with van der Waals surface area (Å²) in [5.74, 6) is -0.388. The Kier molecular flexibility index (Phi) is 5.94. The van der Waals surface area contributed by atoms with E-state index in [4.69, 9.17) is 4.74 Å². The molecule has 6 nitrogen and oxygen atoms in total. The number of hydrogen-bond donors (Lipinski definition) is 1. The molecule has 0 spiro atoms. The fourth-order valence-electron chi connectivity index (χ4n) is 3.46. The van der Waals surface area contributed by atoms with Gasteiger partial charge in [0.05, 0.1) is 42.3 Å². The van der Waals surface area contributed by atoms with E-state index in [0.717, 1.165) is 23.4 Å². The molecule has 0 aliphatic carbocycles. The molecule has 1 aromatic heterocycles. The van der Waals surface area contributed by atoms with Crippen LogP contribution in [0.5, 0.6) is 0 Å². The predicted octanol–water partition coefficient (Wildman–Crippen LogP) is 3.91. The van der Waals surface area contributed by atoms with E-state index in [1.54, 1.807) is 23.0 Å². The zero-order chi connectivity index (χ0) is 21.8. The van der Waals surface area contributed by atoms with Crippen molar-refractivity contribution in [3.05, 3.63) is 72.1 Å². The van der Waals surface area contributed by atoms with Crippen LogP contribution in [0.1, 0.15) is 11.1 Å². The lowest BCUT2D eigenvalue weighted by molar-refractivity contribution is -0.137. The van der Waals surface area contributed by atoms with Crippen molar-refractivity contribution < 1.29 is 22.7 Å². The summed E-state index contributed by atoms with van der Waals surface area (Å²) in [4.78, 5) is 14.6. The van der Waals surface area contributed by atoms with Gasteiger partial charge in [-0.05, 0) is 42.0 Å². The molecule has 0 radical (unpaired) electrons. The van der Waals surface area contributed by atoms with Crippen molar-refractivity contribution in [2.75, 3.05) is 36.5 Å². The maximum atomic E-state index is 13.2. The molecular formula is C22H21F3N4O2. The van der Waals surface area contributed by atoms with Crippen molar-refractivity contribution in [1.29, 1.82) is 0 Å². The van der Waals surface area contributed by atoms with E-state index in [1.165, 1.54) is 6.07 Å². The van der Waals surface area contributed by atoms with E-state index in [-0.39, 0.29) is 18.0 Å². The molecule has 0 atom stereocenters. The molecule has 9 heteroatoms. The molecule has 2 aromatic carbocycles. The van der Waals surface area contributed by atoms with Gasteiger partial charge in [-0.15, -0.1) is 0 Å². The number of alkyl halides is 3. The summed E-state index contributed by atoms with van der Waals surface area (Å²) in [6, 6.07) is 12.5. The van der Waals surface area contributed by atoms with Gasteiger partial charge in [-0.2, -0.15) is 18.3 Å². The minimum Gasteiger partial charge on any atom is -0.378 e. The number of nitrogens with one attached hydrogen (secondary N) is 1. The third-order valence-electron chi connectivity index (χ3n) is 5.02. The van der Waals surface area contributed by atoms with E-state index in [0.29, 0.717) is 32.0 Å². The number of carbonyl (C=O) groups excluding carboxylic acids is 1. The van der Waals surface area contributed by atoms with Gasteiger partial charge in [0.15, 0.2) is 0 Å². The maximum absolute atomic E-state index is 13.2. The van der Waals surface area contributed by atoms with Gasteiger partial charge in [0, 0.05) is 25.5 Å². The monoisotopic (exact) mass is 430 g/mol. The van der Waals surface area contributed by atoms with Crippen molar-refractivity contribution in [2.24, 2.45) is 0 Å². The summed E-state index contributed by atoms with van der Waals surface area (Å²) in [6.07, 6.45) is -0.978. The quantitative estimate of drug-likeness (QED) is 0.667. The largest absolute Gasteiger partial charge is 0.416 e. The van der Waals surface area contributed by atoms with Crippen molar-refractivity contribution in [1.82, 2.24) is 9.78 Å². The maximum Gasteiger partial charge on any atom is 0.416 e. The zero-order valence-corrected chi connectivity index (χ0v) is 16.6. The summed E-state index contributed by atoms with van der Waals surface area (Å²) in [7, 11) is 0. The first-order chi connectivity index (χ1) is 14.9. The molecule has 1 aliphatic rings. The number of hydrogen-bond acceptors (Lipinski definition) is 4. The highest BCUT2D eigenvalue weighted by Crippen LogP contribution is 2.35. The Morgan fingerprint density at radius 2 is 1.84 bits per heavy atom. The third kappa shape index (κ3) is 5.05. The summed E-state index contributed by atoms with van der Waals surface area (Å²) in [5.41, 5.74) is 1.49. The highest BCUT2D eigenvalue weighted by Gasteiger charge is 2.32. The number of morpholine rings is 1. The summed E-state index contributed by atoms with van der Waals surface area (Å²) in [5, 5.41) is 6.82. The average Bonchev–Trinajstić information content (AvgIpc) is 3.29. The first kappa shape index (κ1) is 20.9. The zero-order valence-electron chi connectivity index (χ0n) is 16.6. The second-order valence-corrected chi connectivity index (χ2v) is 7.17. The second-order valence-electron chi connectivity index (χ2n) is 7.17. The Balaban J connectivity index is 1.51. The topological polar surface area (TPSA) is 59.4 Å². The Bertz CT molecular complexity index is 1030. The van der Waals surface area contributed by atoms with Crippen molar-refractivity contribution >= 4 is 17.3 Å². The lowest BCUT2D eigenvalue weighted by Gasteiger charge is -2.31. The van der Waals surface area contributed by atoms with Crippen LogP contribution in [-0.4, -0.2) is 42.0 Å². The number of ether oxygens (including phenoxy) is 1. The molecule has 1 saturated heterocycles. The number of benzene rings is 2. The normalized spacial score (nSPS) is 14.5. The van der Waals surface area contributed by atoms with Gasteiger partial charge in [-0.3, -0.25) is 4.79 Å². The smallest absolute Gasteiger partial charge is 0.378 e. The Morgan fingerprint density at radius 1 is 1.10 bits per heavy atom. The van der Waals surface area contributed by atoms with Crippen LogP contribution in [0.2, 0.25) is 0 Å². The second kappa shape index (κ2) is 8.81. The first-order valence-electron chi connectivity index (χ1n) is 9.83. The lowest BCUT2D eigenvalue weighted by Crippen LogP contribution is -2.37. The van der Waals surface area contributed by atoms with Crippen LogP contribution in [0.25, 0.3) is 5.69 Å². The molecule has 162 valence electrons. The van der Waals surface area contributed by atoms with E-state index >= 15 is 0 Å². The van der Waals surface area contributed by atoms with Crippen LogP contribution in [0, 0.1) is 0 Å². The van der Waals surface area contributed by atoms with Crippen LogP contribution in [0.3, 0.4) is 0 Å². The van der Waals surface area contributed by atoms with Crippen LogP contribution < -0.4 is 10.2 Å². The van der Waals surface area contributed by atoms with Crippen LogP contribution >= 0.6 is 0 Å². The molecule has 4 rings (SSSR count). The summed E-state index contributed by atoms with van der Waals surface area (Å²) >= 11 is 0. The Labute approximate surface area is 177 Å². The highest BCUT2D eigenvalue weighted by atomic mass is 19.4. The van der Waals surface area contributed by atoms with Gasteiger partial charge in [0.2, 0.25) is 5.91 Å². The fraction of sp³-hybridized carbons (Fsp3) is 0.273. The van der Waals surface area contributed by atoms with Crippen LogP contribution in [0.4, 0.5) is 24.5 Å². The average molecular weight is 430 g/mol. The minimum absolute atomic E-state index is 0.0399. The molecule has 1 aliphatic heterocycles. The lowest BCUT2D eigenvalue weighted by atomic mass is 10.1. The standard InChI is InChI=1S/C22H21F3N4O2/c23-22(24,25)17-4-7-20(28-10-12-31-13-11-28)19(15-17)27-21(30)14-16-2-5-18(6-3-16)29-9-1-8-26-29/h1-9,15H,10-14H2,(H,27,30). The fourth-order valence-corrected chi connectivity index (χ4v) is 3.46. The molecule has 2 heterocycles. The number of amides is 1. The third-order valence-corrected chi connectivity index (χ3v) is 5.02. The van der Waals surface area contributed by atoms with Crippen molar-refractivity contribution in [3.8, 4) is 5.69 Å². The molecule has 1 amide bonds. The number of rotatable bonds is 5. The van der Waals surface area contributed by atoms with Gasteiger partial charge in [-0.1, -0.05) is 12.1 Å². The molecule has 1 N–H and O–H groups in total. The molecule has 1 fully saturated rings. The van der Waals surface area contributed by atoms with Gasteiger partial charge in [0.1, 0.15) is 0 Å². The van der Waals surface area contributed by atoms with E-state index < -0.39 is 11.7 Å². The summed E-state index contributed by atoms with van der Waals surface area (Å²) in [6.45, 7) is 2.06. The molecule has 0 bridgehead atoms.